The second kappa shape index (κ2) is 12.4. The monoisotopic (exact) mass is 663 g/mol. The Hall–Kier alpha value is -4.02. The van der Waals surface area contributed by atoms with E-state index in [0.29, 0.717) is 58.8 Å². The van der Waals surface area contributed by atoms with Gasteiger partial charge in [0.1, 0.15) is 24.0 Å². The number of nitrogens with zero attached hydrogens (tertiary/aromatic N) is 5. The molecule has 1 aliphatic rings. The van der Waals surface area contributed by atoms with Crippen LogP contribution in [0.25, 0.3) is 33.4 Å². The molecular weight excluding hydrogens is 631 g/mol. The Bertz CT molecular complexity index is 1810. The topological polar surface area (TPSA) is 137 Å². The first kappa shape index (κ1) is 32.4. The van der Waals surface area contributed by atoms with Gasteiger partial charge in [0, 0.05) is 26.8 Å². The van der Waals surface area contributed by atoms with Crippen LogP contribution in [0, 0.1) is 0 Å². The quantitative estimate of drug-likeness (QED) is 0.0871. The lowest BCUT2D eigenvalue weighted by molar-refractivity contribution is -0.0500. The third-order valence-corrected chi connectivity index (χ3v) is 10.1. The zero-order valence-corrected chi connectivity index (χ0v) is 26.6. The lowest BCUT2D eigenvalue weighted by Gasteiger charge is -2.23. The van der Waals surface area contributed by atoms with Crippen molar-refractivity contribution in [2.45, 2.75) is 56.8 Å². The van der Waals surface area contributed by atoms with E-state index in [1.165, 1.54) is 17.0 Å². The van der Waals surface area contributed by atoms with Crippen LogP contribution in [0.15, 0.2) is 55.0 Å². The van der Waals surface area contributed by atoms with Crippen LogP contribution in [-0.2, 0) is 21.6 Å². The molecule has 1 aliphatic heterocycles. The fourth-order valence-electron chi connectivity index (χ4n) is 5.01. The lowest BCUT2D eigenvalue weighted by Crippen LogP contribution is -2.31. The summed E-state index contributed by atoms with van der Waals surface area (Å²) in [5, 5.41) is 10.8. The summed E-state index contributed by atoms with van der Waals surface area (Å²) in [4.78, 5) is 27.0. The van der Waals surface area contributed by atoms with Crippen molar-refractivity contribution in [1.82, 2.24) is 24.4 Å². The number of hydrogen-bond donors (Lipinski definition) is 1. The highest BCUT2D eigenvalue weighted by Gasteiger charge is 2.48. The van der Waals surface area contributed by atoms with Crippen LogP contribution in [0.5, 0.6) is 5.75 Å². The number of hydrogen-bond acceptors (Lipinski definition) is 8. The van der Waals surface area contributed by atoms with Gasteiger partial charge in [0.05, 0.1) is 36.0 Å². The Kier molecular flexibility index (Phi) is 8.92. The van der Waals surface area contributed by atoms with E-state index in [-0.39, 0.29) is 6.73 Å². The molecule has 0 aliphatic carbocycles. The molecule has 1 fully saturated rings. The van der Waals surface area contributed by atoms with Crippen LogP contribution in [0.3, 0.4) is 0 Å². The molecule has 1 amide bonds. The molecule has 0 spiro atoms. The second-order valence-electron chi connectivity index (χ2n) is 11.9. The summed E-state index contributed by atoms with van der Waals surface area (Å²) in [5.41, 5.74) is -3.20. The van der Waals surface area contributed by atoms with Crippen molar-refractivity contribution in [3.63, 3.8) is 0 Å². The van der Waals surface area contributed by atoms with Gasteiger partial charge in [-0.25, -0.2) is 9.78 Å². The first-order valence-corrected chi connectivity index (χ1v) is 19.2. The Balaban J connectivity index is 1.40. The highest BCUT2D eigenvalue weighted by Crippen LogP contribution is 2.34. The van der Waals surface area contributed by atoms with Gasteiger partial charge >= 0.3 is 21.7 Å². The fourth-order valence-corrected chi connectivity index (χ4v) is 6.22. The normalized spacial score (nSPS) is 16.0. The van der Waals surface area contributed by atoms with Crippen LogP contribution in [-0.4, -0.2) is 70.8 Å². The van der Waals surface area contributed by atoms with Gasteiger partial charge in [0.25, 0.3) is 0 Å². The molecule has 2 aromatic heterocycles. The van der Waals surface area contributed by atoms with Gasteiger partial charge in [-0.15, -0.1) is 0 Å². The third-order valence-electron chi connectivity index (χ3n) is 7.41. The average molecular weight is 664 g/mol. The number of fused-ring (bicyclic) bond motifs is 1. The number of carboxylic acid groups (broad SMARTS) is 1. The second-order valence-corrected chi connectivity index (χ2v) is 19.1. The predicted molar refractivity (Wildman–Crippen MR) is 163 cm³/mol. The van der Waals surface area contributed by atoms with E-state index in [1.54, 1.807) is 36.8 Å². The first-order chi connectivity index (χ1) is 21.1. The average Bonchev–Trinajstić information content (AvgIpc) is 3.61. The molecular formula is C29H32F3N5O6SSi. The predicted octanol–water partition coefficient (Wildman–Crippen LogP) is 6.52. The molecule has 1 saturated heterocycles. The molecule has 16 heteroatoms. The number of halogens is 3. The minimum atomic E-state index is -5.78. The zero-order chi connectivity index (χ0) is 32.6. The molecule has 240 valence electrons. The van der Waals surface area contributed by atoms with E-state index in [4.69, 9.17) is 4.74 Å². The van der Waals surface area contributed by atoms with Gasteiger partial charge in [0.15, 0.2) is 0 Å². The van der Waals surface area contributed by atoms with Crippen LogP contribution >= 0.6 is 0 Å². The van der Waals surface area contributed by atoms with Gasteiger partial charge in [-0.2, -0.15) is 21.6 Å². The SMILES string of the molecule is C[Si](C)(C)CCOCn1c(-c2cnc(-c3ccc4cc(OS(=O)(=O)C(F)(F)F)ccc4c3)cn2)cnc1[C@@H]1CCCN1C(=O)O. The number of alkyl halides is 3. The van der Waals surface area contributed by atoms with Crippen molar-refractivity contribution >= 4 is 35.1 Å². The Labute approximate surface area is 258 Å². The highest BCUT2D eigenvalue weighted by atomic mass is 32.2. The molecule has 1 atom stereocenters. The number of amides is 1. The van der Waals surface area contributed by atoms with E-state index in [2.05, 4.69) is 38.8 Å². The molecule has 4 aromatic rings. The van der Waals surface area contributed by atoms with E-state index < -0.39 is 41.6 Å². The minimum absolute atomic E-state index is 0.184. The zero-order valence-electron chi connectivity index (χ0n) is 24.8. The molecule has 3 heterocycles. The van der Waals surface area contributed by atoms with Crippen molar-refractivity contribution in [2.75, 3.05) is 13.2 Å². The number of carbonyl (C=O) groups is 1. The molecule has 0 bridgehead atoms. The van der Waals surface area contributed by atoms with E-state index in [0.717, 1.165) is 18.5 Å². The van der Waals surface area contributed by atoms with Gasteiger partial charge in [-0.05, 0) is 47.9 Å². The first-order valence-electron chi connectivity index (χ1n) is 14.1. The maximum Gasteiger partial charge on any atom is 0.534 e. The number of aromatic nitrogens is 4. The number of imidazole rings is 1. The summed E-state index contributed by atoms with van der Waals surface area (Å²) in [6.07, 6.45) is 5.19. The van der Waals surface area contributed by atoms with Gasteiger partial charge < -0.3 is 18.6 Å². The molecule has 0 saturated carbocycles. The lowest BCUT2D eigenvalue weighted by atomic mass is 10.0. The molecule has 1 N–H and O–H groups in total. The van der Waals surface area contributed by atoms with Crippen molar-refractivity contribution in [3.8, 4) is 28.4 Å². The molecule has 0 unspecified atom stereocenters. The van der Waals surface area contributed by atoms with Gasteiger partial charge in [0.2, 0.25) is 0 Å². The van der Waals surface area contributed by atoms with Crippen LogP contribution in [0.1, 0.15) is 24.7 Å². The number of benzene rings is 2. The maximum absolute atomic E-state index is 12.7. The standard InChI is InChI=1S/C29H32F3N5O6SSi/c1-45(2,3)12-11-42-18-37-26(17-35-27(37)25-5-4-10-36(25)28(38)39)24-16-33-23(15-34-24)21-7-6-20-14-22(9-8-19(20)13-21)43-44(40,41)29(30,31)32/h6-9,13-17,25H,4-5,10-12,18H2,1-3H3,(H,38,39)/t25-/m0/s1. The van der Waals surface area contributed by atoms with Gasteiger partial charge in [-0.3, -0.25) is 14.9 Å². The van der Waals surface area contributed by atoms with E-state index in [9.17, 15) is 31.5 Å². The molecule has 2 aromatic carbocycles. The van der Waals surface area contributed by atoms with Crippen molar-refractivity contribution in [3.05, 3.63) is 60.8 Å². The van der Waals surface area contributed by atoms with Crippen molar-refractivity contribution < 1.29 is 40.4 Å². The summed E-state index contributed by atoms with van der Waals surface area (Å²) in [7, 11) is -7.11. The number of rotatable bonds is 10. The van der Waals surface area contributed by atoms with Crippen LogP contribution in [0.2, 0.25) is 25.7 Å². The molecule has 5 rings (SSSR count). The highest BCUT2D eigenvalue weighted by molar-refractivity contribution is 7.88. The third kappa shape index (κ3) is 7.28. The summed E-state index contributed by atoms with van der Waals surface area (Å²) in [6.45, 7) is 7.97. The smallest absolute Gasteiger partial charge is 0.465 e. The van der Waals surface area contributed by atoms with Gasteiger partial charge in [-0.1, -0.05) is 37.8 Å². The van der Waals surface area contributed by atoms with Crippen LogP contribution < -0.4 is 4.18 Å². The minimum Gasteiger partial charge on any atom is -0.465 e. The maximum atomic E-state index is 12.7. The Morgan fingerprint density at radius 2 is 1.71 bits per heavy atom. The van der Waals surface area contributed by atoms with Crippen LogP contribution in [0.4, 0.5) is 18.0 Å². The van der Waals surface area contributed by atoms with E-state index >= 15 is 0 Å². The molecule has 45 heavy (non-hydrogen) atoms. The Morgan fingerprint density at radius 3 is 2.38 bits per heavy atom. The summed E-state index contributed by atoms with van der Waals surface area (Å²) in [6, 6.07) is 9.41. The molecule has 0 radical (unpaired) electrons. The van der Waals surface area contributed by atoms with Crippen molar-refractivity contribution in [2.24, 2.45) is 0 Å². The Morgan fingerprint density at radius 1 is 1.02 bits per heavy atom. The summed E-state index contributed by atoms with van der Waals surface area (Å²) >= 11 is 0. The van der Waals surface area contributed by atoms with E-state index in [1.807, 2.05) is 4.57 Å². The fraction of sp³-hybridized carbons (Fsp3) is 0.379. The van der Waals surface area contributed by atoms with Crippen molar-refractivity contribution in [1.29, 1.82) is 0 Å². The molecule has 11 nitrogen and oxygen atoms in total. The summed E-state index contributed by atoms with van der Waals surface area (Å²) < 4.78 is 72.9. The number of likely N-dealkylation sites (tertiary alicyclic amines) is 1. The number of ether oxygens (including phenoxy) is 1. The summed E-state index contributed by atoms with van der Waals surface area (Å²) in [5.74, 6) is 0.130. The largest absolute Gasteiger partial charge is 0.534 e.